The van der Waals surface area contributed by atoms with Crippen LogP contribution in [0.4, 0.5) is 9.18 Å². The number of nitrogens with zero attached hydrogens (tertiary/aromatic N) is 3. The van der Waals surface area contributed by atoms with Crippen LogP contribution in [-0.2, 0) is 0 Å². The minimum absolute atomic E-state index is 0.00670. The van der Waals surface area contributed by atoms with Crippen LogP contribution in [0.25, 0.3) is 22.5 Å². The summed E-state index contributed by atoms with van der Waals surface area (Å²) in [5.74, 6) is 0.661. The van der Waals surface area contributed by atoms with Crippen LogP contribution >= 0.6 is 0 Å². The summed E-state index contributed by atoms with van der Waals surface area (Å²) in [4.78, 5) is 16.4. The van der Waals surface area contributed by atoms with E-state index >= 15 is 0 Å². The minimum atomic E-state index is -0.534. The standard InChI is InChI=1S/C18H18FN7O/c19-7-12(8-20)9-22-18(27)26-10-15(5-6-16(26)21)13-1-3-14(4-2-13)17-23-11-24-25-17/h1-7,10-11,21H,8-9,20H2,(H,22,27)(H,23,24,25)/b12-7+,21-16?. The van der Waals surface area contributed by atoms with Crippen molar-refractivity contribution < 1.29 is 9.18 Å². The molecule has 1 aromatic carbocycles. The van der Waals surface area contributed by atoms with E-state index in [-0.39, 0.29) is 24.2 Å². The number of hydrogen-bond donors (Lipinski definition) is 4. The Morgan fingerprint density at radius 2 is 1.93 bits per heavy atom. The molecular formula is C18H18FN7O. The SMILES string of the molecule is N=c1ccc(-c2ccc(-c3ncn[nH]3)cc2)cn1C(=O)NC/C(=C/F)CN. The first-order valence-electron chi connectivity index (χ1n) is 8.12. The van der Waals surface area contributed by atoms with Crippen molar-refractivity contribution in [2.45, 2.75) is 0 Å². The molecule has 0 fully saturated rings. The van der Waals surface area contributed by atoms with E-state index < -0.39 is 6.03 Å². The van der Waals surface area contributed by atoms with E-state index in [1.54, 1.807) is 12.3 Å². The van der Waals surface area contributed by atoms with E-state index in [2.05, 4.69) is 20.5 Å². The number of aromatic nitrogens is 4. The molecule has 0 saturated carbocycles. The number of nitrogens with two attached hydrogens (primary N) is 1. The average molecular weight is 367 g/mol. The molecule has 0 atom stereocenters. The Kier molecular flexibility index (Phi) is 5.53. The van der Waals surface area contributed by atoms with Crippen LogP contribution in [0.15, 0.2) is 60.8 Å². The van der Waals surface area contributed by atoms with E-state index in [9.17, 15) is 9.18 Å². The third kappa shape index (κ3) is 4.15. The molecule has 1 amide bonds. The van der Waals surface area contributed by atoms with Crippen molar-refractivity contribution in [3.63, 3.8) is 0 Å². The fourth-order valence-electron chi connectivity index (χ4n) is 2.43. The molecular weight excluding hydrogens is 349 g/mol. The molecule has 0 aliphatic heterocycles. The molecule has 0 bridgehead atoms. The van der Waals surface area contributed by atoms with Crippen molar-refractivity contribution in [3.05, 3.63) is 66.3 Å². The first-order chi connectivity index (χ1) is 13.1. The Labute approximate surface area is 154 Å². The van der Waals surface area contributed by atoms with Crippen LogP contribution < -0.4 is 16.5 Å². The number of carbonyl (C=O) groups excluding carboxylic acids is 1. The lowest BCUT2D eigenvalue weighted by Crippen LogP contribution is -2.37. The molecule has 0 aliphatic carbocycles. The molecule has 2 aromatic heterocycles. The quantitative estimate of drug-likeness (QED) is 0.548. The highest BCUT2D eigenvalue weighted by atomic mass is 19.1. The summed E-state index contributed by atoms with van der Waals surface area (Å²) in [6.45, 7) is -0.0128. The zero-order valence-electron chi connectivity index (χ0n) is 14.3. The lowest BCUT2D eigenvalue weighted by molar-refractivity contribution is 0.242. The Balaban J connectivity index is 1.82. The fraction of sp³-hybridized carbons (Fsp3) is 0.111. The molecule has 27 heavy (non-hydrogen) atoms. The number of amides is 1. The van der Waals surface area contributed by atoms with Gasteiger partial charge in [-0.05, 0) is 28.8 Å². The maximum Gasteiger partial charge on any atom is 0.327 e. The number of benzene rings is 1. The predicted octanol–water partition coefficient (Wildman–Crippen LogP) is 1.79. The van der Waals surface area contributed by atoms with Crippen LogP contribution in [-0.4, -0.2) is 38.9 Å². The molecule has 0 unspecified atom stereocenters. The van der Waals surface area contributed by atoms with Crippen molar-refractivity contribution in [2.75, 3.05) is 13.1 Å². The third-order valence-electron chi connectivity index (χ3n) is 3.96. The zero-order valence-corrected chi connectivity index (χ0v) is 14.3. The highest BCUT2D eigenvalue weighted by molar-refractivity contribution is 5.78. The van der Waals surface area contributed by atoms with Gasteiger partial charge in [0.25, 0.3) is 0 Å². The van der Waals surface area contributed by atoms with E-state index in [0.29, 0.717) is 12.2 Å². The lowest BCUT2D eigenvalue weighted by atomic mass is 10.1. The summed E-state index contributed by atoms with van der Waals surface area (Å²) in [6.07, 6.45) is 3.37. The maximum absolute atomic E-state index is 12.6. The summed E-state index contributed by atoms with van der Waals surface area (Å²) in [5.41, 5.74) is 8.14. The Bertz CT molecular complexity index is 1010. The first-order valence-corrected chi connectivity index (χ1v) is 8.12. The molecule has 5 N–H and O–H groups in total. The lowest BCUT2D eigenvalue weighted by Gasteiger charge is -2.11. The van der Waals surface area contributed by atoms with Crippen molar-refractivity contribution in [1.82, 2.24) is 25.1 Å². The number of pyridine rings is 1. The van der Waals surface area contributed by atoms with E-state index in [1.807, 2.05) is 24.3 Å². The summed E-state index contributed by atoms with van der Waals surface area (Å²) >= 11 is 0. The molecule has 3 rings (SSSR count). The highest BCUT2D eigenvalue weighted by Crippen LogP contribution is 2.22. The number of H-pyrrole nitrogens is 1. The van der Waals surface area contributed by atoms with Gasteiger partial charge in [0.1, 0.15) is 11.8 Å². The first kappa shape index (κ1) is 18.2. The van der Waals surface area contributed by atoms with E-state index in [1.165, 1.54) is 12.4 Å². The van der Waals surface area contributed by atoms with Crippen LogP contribution in [0, 0.1) is 5.41 Å². The number of nitrogens with one attached hydrogen (secondary N) is 3. The van der Waals surface area contributed by atoms with Gasteiger partial charge in [-0.15, -0.1) is 0 Å². The van der Waals surface area contributed by atoms with Crippen molar-refractivity contribution >= 4 is 6.03 Å². The number of halogens is 1. The summed E-state index contributed by atoms with van der Waals surface area (Å²) < 4.78 is 13.7. The van der Waals surface area contributed by atoms with E-state index in [0.717, 1.165) is 21.3 Å². The Morgan fingerprint density at radius 3 is 2.56 bits per heavy atom. The third-order valence-corrected chi connectivity index (χ3v) is 3.96. The van der Waals surface area contributed by atoms with Gasteiger partial charge in [-0.1, -0.05) is 24.3 Å². The predicted molar refractivity (Wildman–Crippen MR) is 98.1 cm³/mol. The van der Waals surface area contributed by atoms with Gasteiger partial charge in [0, 0.05) is 24.8 Å². The average Bonchev–Trinajstić information content (AvgIpc) is 3.24. The van der Waals surface area contributed by atoms with Crippen LogP contribution in [0.3, 0.4) is 0 Å². The van der Waals surface area contributed by atoms with Gasteiger partial charge in [0.2, 0.25) is 0 Å². The van der Waals surface area contributed by atoms with Gasteiger partial charge in [-0.3, -0.25) is 15.1 Å². The summed E-state index contributed by atoms with van der Waals surface area (Å²) in [7, 11) is 0. The number of aromatic amines is 1. The van der Waals surface area contributed by atoms with Gasteiger partial charge >= 0.3 is 6.03 Å². The Hall–Kier alpha value is -3.59. The molecule has 0 aliphatic rings. The molecule has 8 nitrogen and oxygen atoms in total. The van der Waals surface area contributed by atoms with Crippen LogP contribution in [0.5, 0.6) is 0 Å². The molecule has 9 heteroatoms. The monoisotopic (exact) mass is 367 g/mol. The van der Waals surface area contributed by atoms with Crippen molar-refractivity contribution in [2.24, 2.45) is 5.73 Å². The largest absolute Gasteiger partial charge is 0.333 e. The summed E-state index contributed by atoms with van der Waals surface area (Å²) in [6, 6.07) is 10.3. The Morgan fingerprint density at radius 1 is 1.22 bits per heavy atom. The van der Waals surface area contributed by atoms with Gasteiger partial charge in [0.05, 0.1) is 6.33 Å². The molecule has 3 aromatic rings. The molecule has 138 valence electrons. The van der Waals surface area contributed by atoms with Crippen LogP contribution in [0.1, 0.15) is 0 Å². The maximum atomic E-state index is 12.6. The second-order valence-electron chi connectivity index (χ2n) is 5.71. The minimum Gasteiger partial charge on any atom is -0.333 e. The molecule has 0 spiro atoms. The molecule has 2 heterocycles. The smallest absolute Gasteiger partial charge is 0.327 e. The second-order valence-corrected chi connectivity index (χ2v) is 5.71. The van der Waals surface area contributed by atoms with Crippen molar-refractivity contribution in [1.29, 1.82) is 5.41 Å². The zero-order chi connectivity index (χ0) is 19.2. The topological polar surface area (TPSA) is 125 Å². The van der Waals surface area contributed by atoms with Gasteiger partial charge < -0.3 is 11.1 Å². The van der Waals surface area contributed by atoms with Crippen molar-refractivity contribution in [3.8, 4) is 22.5 Å². The normalized spacial score (nSPS) is 11.4. The fourth-order valence-corrected chi connectivity index (χ4v) is 2.43. The number of rotatable bonds is 5. The van der Waals surface area contributed by atoms with E-state index in [4.69, 9.17) is 11.1 Å². The van der Waals surface area contributed by atoms with Gasteiger partial charge in [0.15, 0.2) is 5.82 Å². The van der Waals surface area contributed by atoms with Crippen LogP contribution in [0.2, 0.25) is 0 Å². The highest BCUT2D eigenvalue weighted by Gasteiger charge is 2.08. The molecule has 0 saturated heterocycles. The number of carbonyl (C=O) groups is 1. The molecule has 0 radical (unpaired) electrons. The van der Waals surface area contributed by atoms with Gasteiger partial charge in [-0.25, -0.2) is 14.2 Å². The number of hydrogen-bond acceptors (Lipinski definition) is 5. The van der Waals surface area contributed by atoms with Gasteiger partial charge in [-0.2, -0.15) is 5.10 Å². The second kappa shape index (κ2) is 8.19. The summed E-state index contributed by atoms with van der Waals surface area (Å²) in [5, 5.41) is 17.1.